The zero-order valence-corrected chi connectivity index (χ0v) is 16.0. The van der Waals surface area contributed by atoms with Crippen LogP contribution in [0.25, 0.3) is 10.8 Å². The van der Waals surface area contributed by atoms with Gasteiger partial charge >= 0.3 is 6.09 Å². The van der Waals surface area contributed by atoms with Crippen LogP contribution in [0.5, 0.6) is 0 Å². The van der Waals surface area contributed by atoms with Crippen LogP contribution in [-0.4, -0.2) is 60.5 Å². The molecular formula is C18H23N3O4S. The zero-order chi connectivity index (χ0) is 18.9. The quantitative estimate of drug-likeness (QED) is 0.803. The molecule has 1 aromatic heterocycles. The molecule has 0 unspecified atom stereocenters. The minimum absolute atomic E-state index is 0.239. The third-order valence-electron chi connectivity index (χ3n) is 4.15. The van der Waals surface area contributed by atoms with E-state index in [1.54, 1.807) is 56.3 Å². The fourth-order valence-corrected chi connectivity index (χ4v) is 4.53. The van der Waals surface area contributed by atoms with Crippen LogP contribution in [0.2, 0.25) is 0 Å². The molecule has 1 aliphatic heterocycles. The van der Waals surface area contributed by atoms with E-state index in [4.69, 9.17) is 4.74 Å². The highest BCUT2D eigenvalue weighted by molar-refractivity contribution is 7.89. The molecular weight excluding hydrogens is 354 g/mol. The number of aromatic nitrogens is 1. The largest absolute Gasteiger partial charge is 0.444 e. The molecule has 3 rings (SSSR count). The Kier molecular flexibility index (Phi) is 4.90. The molecule has 1 fully saturated rings. The van der Waals surface area contributed by atoms with Gasteiger partial charge in [0.25, 0.3) is 0 Å². The number of carbonyl (C=O) groups is 1. The number of carbonyl (C=O) groups excluding carboxylic acids is 1. The van der Waals surface area contributed by atoms with Crippen molar-refractivity contribution in [2.24, 2.45) is 0 Å². The van der Waals surface area contributed by atoms with Crippen LogP contribution in [0.4, 0.5) is 4.79 Å². The average Bonchev–Trinajstić information content (AvgIpc) is 2.60. The Balaban J connectivity index is 1.77. The molecule has 2 heterocycles. The first-order valence-corrected chi connectivity index (χ1v) is 9.93. The summed E-state index contributed by atoms with van der Waals surface area (Å²) in [5.74, 6) is 0. The van der Waals surface area contributed by atoms with Crippen LogP contribution < -0.4 is 0 Å². The molecule has 0 atom stereocenters. The first kappa shape index (κ1) is 18.6. The highest BCUT2D eigenvalue weighted by atomic mass is 32.2. The van der Waals surface area contributed by atoms with Crippen molar-refractivity contribution in [3.05, 3.63) is 36.7 Å². The van der Waals surface area contributed by atoms with Gasteiger partial charge in [-0.05, 0) is 32.9 Å². The van der Waals surface area contributed by atoms with Crippen molar-refractivity contribution < 1.29 is 17.9 Å². The number of pyridine rings is 1. The number of ether oxygens (including phenoxy) is 1. The number of benzene rings is 1. The lowest BCUT2D eigenvalue weighted by Crippen LogP contribution is -2.51. The van der Waals surface area contributed by atoms with Crippen molar-refractivity contribution in [1.82, 2.24) is 14.2 Å². The van der Waals surface area contributed by atoms with Crippen molar-refractivity contribution in [3.63, 3.8) is 0 Å². The third kappa shape index (κ3) is 3.81. The fourth-order valence-electron chi connectivity index (χ4n) is 2.89. The molecule has 0 aliphatic carbocycles. The molecule has 1 saturated heterocycles. The van der Waals surface area contributed by atoms with Gasteiger partial charge in [-0.2, -0.15) is 4.31 Å². The summed E-state index contributed by atoms with van der Waals surface area (Å²) in [5, 5.41) is 1.43. The SMILES string of the molecule is CC(C)(C)OC(=O)N1CCN(S(=O)(=O)c2cccc3cnccc23)CC1. The zero-order valence-electron chi connectivity index (χ0n) is 15.2. The topological polar surface area (TPSA) is 79.8 Å². The van der Waals surface area contributed by atoms with E-state index in [2.05, 4.69) is 4.98 Å². The number of sulfonamides is 1. The number of fused-ring (bicyclic) bond motifs is 1. The number of amides is 1. The van der Waals surface area contributed by atoms with Gasteiger partial charge in [-0.15, -0.1) is 0 Å². The van der Waals surface area contributed by atoms with Gasteiger partial charge in [-0.1, -0.05) is 12.1 Å². The number of hydrogen-bond acceptors (Lipinski definition) is 5. The maximum Gasteiger partial charge on any atom is 0.410 e. The molecule has 26 heavy (non-hydrogen) atoms. The standard InChI is InChI=1S/C18H23N3O4S/c1-18(2,3)25-17(22)20-9-11-21(12-10-20)26(23,24)16-6-4-5-14-13-19-8-7-15(14)16/h4-8,13H,9-12H2,1-3H3. The monoisotopic (exact) mass is 377 g/mol. The predicted molar refractivity (Wildman–Crippen MR) is 98.3 cm³/mol. The van der Waals surface area contributed by atoms with E-state index in [1.165, 1.54) is 4.31 Å². The van der Waals surface area contributed by atoms with Gasteiger partial charge in [0.1, 0.15) is 5.60 Å². The lowest BCUT2D eigenvalue weighted by Gasteiger charge is -2.35. The number of nitrogens with zero attached hydrogens (tertiary/aromatic N) is 3. The molecule has 0 saturated carbocycles. The van der Waals surface area contributed by atoms with Gasteiger partial charge in [0.2, 0.25) is 10.0 Å². The van der Waals surface area contributed by atoms with Gasteiger partial charge < -0.3 is 9.64 Å². The van der Waals surface area contributed by atoms with E-state index < -0.39 is 21.7 Å². The van der Waals surface area contributed by atoms with Crippen LogP contribution in [0.3, 0.4) is 0 Å². The Morgan fingerprint density at radius 2 is 1.81 bits per heavy atom. The average molecular weight is 377 g/mol. The summed E-state index contributed by atoms with van der Waals surface area (Å²) in [6.07, 6.45) is 2.82. The third-order valence-corrected chi connectivity index (χ3v) is 6.11. The summed E-state index contributed by atoms with van der Waals surface area (Å²) in [6.45, 7) is 6.51. The van der Waals surface area contributed by atoms with E-state index in [0.29, 0.717) is 18.5 Å². The molecule has 140 valence electrons. The van der Waals surface area contributed by atoms with Crippen molar-refractivity contribution in [1.29, 1.82) is 0 Å². The van der Waals surface area contributed by atoms with E-state index in [9.17, 15) is 13.2 Å². The minimum atomic E-state index is -3.65. The molecule has 8 heteroatoms. The Bertz CT molecular complexity index is 908. The Labute approximate surface area is 153 Å². The lowest BCUT2D eigenvalue weighted by atomic mass is 10.2. The molecule has 0 spiro atoms. The highest BCUT2D eigenvalue weighted by Crippen LogP contribution is 2.26. The summed E-state index contributed by atoms with van der Waals surface area (Å²) in [6, 6.07) is 6.87. The summed E-state index contributed by atoms with van der Waals surface area (Å²) in [7, 11) is -3.65. The Morgan fingerprint density at radius 3 is 2.46 bits per heavy atom. The van der Waals surface area contributed by atoms with Crippen molar-refractivity contribution in [3.8, 4) is 0 Å². The van der Waals surface area contributed by atoms with Gasteiger partial charge in [0.15, 0.2) is 0 Å². The number of piperazine rings is 1. The molecule has 0 N–H and O–H groups in total. The Morgan fingerprint density at radius 1 is 1.12 bits per heavy atom. The molecule has 7 nitrogen and oxygen atoms in total. The first-order valence-electron chi connectivity index (χ1n) is 8.49. The summed E-state index contributed by atoms with van der Waals surface area (Å²) < 4.78 is 32.9. The van der Waals surface area contributed by atoms with E-state index in [1.807, 2.05) is 6.07 Å². The maximum absolute atomic E-state index is 13.1. The van der Waals surface area contributed by atoms with Crippen LogP contribution in [0.1, 0.15) is 20.8 Å². The predicted octanol–water partition coefficient (Wildman–Crippen LogP) is 2.48. The minimum Gasteiger partial charge on any atom is -0.444 e. The smallest absolute Gasteiger partial charge is 0.410 e. The van der Waals surface area contributed by atoms with Crippen molar-refractivity contribution in [2.75, 3.05) is 26.2 Å². The number of rotatable bonds is 2. The van der Waals surface area contributed by atoms with Crippen LogP contribution in [0, 0.1) is 0 Å². The van der Waals surface area contributed by atoms with Crippen molar-refractivity contribution in [2.45, 2.75) is 31.3 Å². The van der Waals surface area contributed by atoms with Crippen molar-refractivity contribution >= 4 is 26.9 Å². The van der Waals surface area contributed by atoms with Crippen LogP contribution in [-0.2, 0) is 14.8 Å². The van der Waals surface area contributed by atoms with E-state index in [-0.39, 0.29) is 18.0 Å². The molecule has 1 aliphatic rings. The van der Waals surface area contributed by atoms with Gasteiger partial charge in [0, 0.05) is 49.3 Å². The molecule has 0 bridgehead atoms. The molecule has 2 aromatic rings. The Hall–Kier alpha value is -2.19. The second-order valence-electron chi connectivity index (χ2n) is 7.22. The fraction of sp³-hybridized carbons (Fsp3) is 0.444. The summed E-state index contributed by atoms with van der Waals surface area (Å²) >= 11 is 0. The number of hydrogen-bond donors (Lipinski definition) is 0. The highest BCUT2D eigenvalue weighted by Gasteiger charge is 2.32. The second kappa shape index (κ2) is 6.85. The normalized spacial score (nSPS) is 16.7. The summed E-state index contributed by atoms with van der Waals surface area (Å²) in [4.78, 5) is 18.0. The lowest BCUT2D eigenvalue weighted by molar-refractivity contribution is 0.0192. The van der Waals surface area contributed by atoms with Gasteiger partial charge in [-0.25, -0.2) is 13.2 Å². The maximum atomic E-state index is 13.1. The summed E-state index contributed by atoms with van der Waals surface area (Å²) in [5.41, 5.74) is -0.572. The van der Waals surface area contributed by atoms with Crippen LogP contribution >= 0.6 is 0 Å². The molecule has 0 radical (unpaired) electrons. The van der Waals surface area contributed by atoms with Gasteiger partial charge in [-0.3, -0.25) is 4.98 Å². The van der Waals surface area contributed by atoms with Crippen LogP contribution in [0.15, 0.2) is 41.6 Å². The molecule has 1 aromatic carbocycles. The van der Waals surface area contributed by atoms with Gasteiger partial charge in [0.05, 0.1) is 4.90 Å². The second-order valence-corrected chi connectivity index (χ2v) is 9.13. The van der Waals surface area contributed by atoms with E-state index in [0.717, 1.165) is 5.39 Å². The molecule has 1 amide bonds. The van der Waals surface area contributed by atoms with E-state index >= 15 is 0 Å². The first-order chi connectivity index (χ1) is 12.2.